The molecule has 0 spiro atoms. The van der Waals surface area contributed by atoms with Gasteiger partial charge in [-0.3, -0.25) is 4.55 Å². The van der Waals surface area contributed by atoms with Crippen LogP contribution in [0.2, 0.25) is 0 Å². The fourth-order valence-electron chi connectivity index (χ4n) is 1.69. The second kappa shape index (κ2) is 9.61. The van der Waals surface area contributed by atoms with E-state index in [9.17, 15) is 13.3 Å². The van der Waals surface area contributed by atoms with E-state index in [4.69, 9.17) is 4.55 Å². The summed E-state index contributed by atoms with van der Waals surface area (Å²) in [5.74, 6) is 0. The fourth-order valence-corrected chi connectivity index (χ4v) is 2.17. The van der Waals surface area contributed by atoms with E-state index < -0.39 is 10.1 Å². The van der Waals surface area contributed by atoms with Gasteiger partial charge in [0.25, 0.3) is 10.1 Å². The molecule has 1 aromatic carbocycles. The number of aryl methyl sites for hydroxylation is 1. The maximum atomic E-state index is 10.8. The first kappa shape index (κ1) is 18.7. The van der Waals surface area contributed by atoms with Gasteiger partial charge in [0, 0.05) is 0 Å². The van der Waals surface area contributed by atoms with Gasteiger partial charge in [0.2, 0.25) is 0 Å². The van der Waals surface area contributed by atoms with E-state index in [-0.39, 0.29) is 34.5 Å². The van der Waals surface area contributed by atoms with Crippen molar-refractivity contribution in [1.82, 2.24) is 0 Å². The maximum absolute atomic E-state index is 10.8. The molecule has 0 fully saturated rings. The van der Waals surface area contributed by atoms with Crippen LogP contribution in [0.15, 0.2) is 34.3 Å². The zero-order valence-corrected chi connectivity index (χ0v) is 10.9. The summed E-state index contributed by atoms with van der Waals surface area (Å²) in [6, 6.07) is 6.22. The van der Waals surface area contributed by atoms with Gasteiger partial charge in [-0.2, -0.15) is 13.3 Å². The van der Waals surface area contributed by atoms with Crippen molar-refractivity contribution in [3.05, 3.63) is 34.7 Å². The Kier molecular flexibility index (Phi) is 9.47. The predicted octanol–water partition coefficient (Wildman–Crippen LogP) is 2.15. The van der Waals surface area contributed by atoms with E-state index in [2.05, 4.69) is 5.18 Å². The molecule has 0 radical (unpaired) electrons. The average Bonchev–Trinajstić information content (AvgIpc) is 2.33. The molecule has 0 heterocycles. The Bertz CT molecular complexity index is 473. The normalized spacial score (nSPS) is 10.8. The number of hydrogen-bond donors (Lipinski definition) is 1. The van der Waals surface area contributed by atoms with Crippen molar-refractivity contribution in [2.45, 2.75) is 37.0 Å². The fraction of sp³-hybridized carbons (Fsp3) is 0.500. The Balaban J connectivity index is 0.00000324. The van der Waals surface area contributed by atoms with Crippen LogP contribution < -0.4 is 0 Å². The molecule has 1 aromatic rings. The summed E-state index contributed by atoms with van der Waals surface area (Å²) in [7, 11) is -4.10. The van der Waals surface area contributed by atoms with Crippen molar-refractivity contribution in [3.8, 4) is 0 Å². The van der Waals surface area contributed by atoms with Gasteiger partial charge < -0.3 is 0 Å². The average molecular weight is 295 g/mol. The zero-order chi connectivity index (χ0) is 13.4. The second-order valence-corrected chi connectivity index (χ2v) is 5.56. The first-order valence-corrected chi connectivity index (χ1v) is 7.33. The molecule has 0 amide bonds. The van der Waals surface area contributed by atoms with Crippen molar-refractivity contribution < 1.29 is 13.0 Å². The van der Waals surface area contributed by atoms with E-state index in [0.29, 0.717) is 6.54 Å². The van der Waals surface area contributed by atoms with Crippen molar-refractivity contribution >= 4 is 39.7 Å². The van der Waals surface area contributed by atoms with E-state index in [1.807, 2.05) is 0 Å². The summed E-state index contributed by atoms with van der Waals surface area (Å²) >= 11 is 0. The second-order valence-electron chi connectivity index (χ2n) is 4.14. The van der Waals surface area contributed by atoms with Crippen LogP contribution in [0.25, 0.3) is 0 Å². The monoisotopic (exact) mass is 295 g/mol. The molecular formula is C12H18NNaO4S. The molecule has 102 valence electrons. The van der Waals surface area contributed by atoms with Gasteiger partial charge in [-0.1, -0.05) is 30.2 Å². The van der Waals surface area contributed by atoms with E-state index in [1.54, 1.807) is 12.1 Å². The molecule has 0 aliphatic rings. The topological polar surface area (TPSA) is 83.8 Å². The van der Waals surface area contributed by atoms with Gasteiger partial charge in [0.1, 0.15) is 0 Å². The molecule has 0 saturated heterocycles. The summed E-state index contributed by atoms with van der Waals surface area (Å²) in [5, 5.41) is 2.79. The molecule has 19 heavy (non-hydrogen) atoms. The number of nitroso groups, excluding NO2 is 1. The standard InChI is InChI=1S/C12H17NO4S.Na.H/c14-13-10-4-2-1-3-5-11-6-8-12(9-7-11)18(15,16)17;;/h6-9H,1-5,10H2,(H,15,16,17);;. The third-order valence-corrected chi connectivity index (χ3v) is 3.55. The van der Waals surface area contributed by atoms with Gasteiger partial charge in [-0.25, -0.2) is 0 Å². The van der Waals surface area contributed by atoms with Crippen molar-refractivity contribution in [1.29, 1.82) is 0 Å². The third kappa shape index (κ3) is 7.79. The molecule has 0 aliphatic carbocycles. The first-order valence-electron chi connectivity index (χ1n) is 5.89. The van der Waals surface area contributed by atoms with Gasteiger partial charge >= 0.3 is 29.6 Å². The Morgan fingerprint density at radius 3 is 2.11 bits per heavy atom. The number of rotatable bonds is 8. The SMILES string of the molecule is O=NCCCCCCc1ccc(S(=O)(=O)O)cc1.[NaH]. The molecule has 0 saturated carbocycles. The molecular weight excluding hydrogens is 277 g/mol. The summed E-state index contributed by atoms with van der Waals surface area (Å²) in [5.41, 5.74) is 1.04. The van der Waals surface area contributed by atoms with Crippen LogP contribution in [0.3, 0.4) is 0 Å². The summed E-state index contributed by atoms with van der Waals surface area (Å²) in [4.78, 5) is 9.77. The minimum absolute atomic E-state index is 0. The summed E-state index contributed by atoms with van der Waals surface area (Å²) < 4.78 is 30.5. The van der Waals surface area contributed by atoms with E-state index in [1.165, 1.54) is 12.1 Å². The summed E-state index contributed by atoms with van der Waals surface area (Å²) in [6.45, 7) is 0.378. The van der Waals surface area contributed by atoms with Gasteiger partial charge in [0.15, 0.2) is 0 Å². The molecule has 7 heteroatoms. The van der Waals surface area contributed by atoms with Crippen molar-refractivity contribution in [3.63, 3.8) is 0 Å². The van der Waals surface area contributed by atoms with Crippen LogP contribution >= 0.6 is 0 Å². The first-order chi connectivity index (χ1) is 8.54. The Morgan fingerprint density at radius 2 is 1.58 bits per heavy atom. The van der Waals surface area contributed by atoms with Gasteiger partial charge in [0.05, 0.1) is 11.4 Å². The third-order valence-electron chi connectivity index (χ3n) is 2.69. The van der Waals surface area contributed by atoms with Gasteiger partial charge in [-0.05, 0) is 37.0 Å². The molecule has 1 N–H and O–H groups in total. The number of hydrogen-bond acceptors (Lipinski definition) is 4. The van der Waals surface area contributed by atoms with Crippen LogP contribution in [0.4, 0.5) is 0 Å². The van der Waals surface area contributed by atoms with E-state index in [0.717, 1.165) is 37.7 Å². The number of benzene rings is 1. The number of nitrogens with zero attached hydrogens (tertiary/aromatic N) is 1. The molecule has 0 atom stereocenters. The predicted molar refractivity (Wildman–Crippen MR) is 76.2 cm³/mol. The van der Waals surface area contributed by atoms with Crippen LogP contribution in [-0.2, 0) is 16.5 Å². The Hall–Kier alpha value is -0.270. The Morgan fingerprint density at radius 1 is 1.00 bits per heavy atom. The molecule has 0 unspecified atom stereocenters. The van der Waals surface area contributed by atoms with Crippen molar-refractivity contribution in [2.24, 2.45) is 5.18 Å². The Labute approximate surface area is 135 Å². The number of unbranched alkanes of at least 4 members (excludes halogenated alkanes) is 3. The molecule has 0 aromatic heterocycles. The summed E-state index contributed by atoms with van der Waals surface area (Å²) in [6.07, 6.45) is 4.68. The van der Waals surface area contributed by atoms with Crippen LogP contribution in [0.5, 0.6) is 0 Å². The zero-order valence-electron chi connectivity index (χ0n) is 10.1. The minimum atomic E-state index is -4.10. The van der Waals surface area contributed by atoms with Crippen LogP contribution in [0.1, 0.15) is 31.2 Å². The quantitative estimate of drug-likeness (QED) is 0.345. The molecule has 0 aliphatic heterocycles. The van der Waals surface area contributed by atoms with Gasteiger partial charge in [-0.15, -0.1) is 0 Å². The molecule has 5 nitrogen and oxygen atoms in total. The molecule has 1 rings (SSSR count). The van der Waals surface area contributed by atoms with E-state index >= 15 is 0 Å². The van der Waals surface area contributed by atoms with Crippen LogP contribution in [0, 0.1) is 4.91 Å². The molecule has 0 bridgehead atoms. The van der Waals surface area contributed by atoms with Crippen LogP contribution in [-0.4, -0.2) is 49.1 Å². The van der Waals surface area contributed by atoms with Crippen molar-refractivity contribution in [2.75, 3.05) is 6.54 Å².